The minimum absolute atomic E-state index is 0.00292. The molecule has 0 heterocycles. The summed E-state index contributed by atoms with van der Waals surface area (Å²) in [5.74, 6) is -0.959. The van der Waals surface area contributed by atoms with Crippen molar-refractivity contribution in [2.75, 3.05) is 6.54 Å². The smallest absolute Gasteiger partial charge is 0.320 e. The van der Waals surface area contributed by atoms with Crippen LogP contribution >= 0.6 is 0 Å². The molecule has 5 heteroatoms. The van der Waals surface area contributed by atoms with Crippen molar-refractivity contribution >= 4 is 11.9 Å². The molecule has 0 aromatic rings. The minimum Gasteiger partial charge on any atom is -0.480 e. The minimum atomic E-state index is -0.900. The van der Waals surface area contributed by atoms with Crippen molar-refractivity contribution in [1.29, 1.82) is 0 Å². The van der Waals surface area contributed by atoms with E-state index in [1.807, 2.05) is 41.5 Å². The Morgan fingerprint density at radius 3 is 1.89 bits per heavy atom. The van der Waals surface area contributed by atoms with Crippen molar-refractivity contribution in [3.8, 4) is 0 Å². The van der Waals surface area contributed by atoms with Gasteiger partial charge in [-0.1, -0.05) is 20.3 Å². The van der Waals surface area contributed by atoms with Gasteiger partial charge in [0.2, 0.25) is 5.91 Å². The molecule has 0 spiro atoms. The summed E-state index contributed by atoms with van der Waals surface area (Å²) < 4.78 is 0. The Hall–Kier alpha value is -1.10. The molecular weight excluding hydrogens is 244 g/mol. The highest BCUT2D eigenvalue weighted by Gasteiger charge is 2.26. The van der Waals surface area contributed by atoms with Crippen LogP contribution in [0, 0.1) is 5.92 Å². The lowest BCUT2D eigenvalue weighted by Crippen LogP contribution is -2.50. The number of rotatable bonds is 8. The van der Waals surface area contributed by atoms with Gasteiger partial charge in [-0.2, -0.15) is 0 Å². The molecule has 0 bridgehead atoms. The standard InChI is InChI=1S/C14H28N2O3/c1-7-11(6)13(14(18)19)15-8-12(17)16(9(2)3)10(4)5/h9-11,13,15H,7-8H2,1-6H3,(H,18,19)/t11-,13-/m0/s1. The van der Waals surface area contributed by atoms with E-state index in [1.54, 1.807) is 4.90 Å². The molecule has 5 nitrogen and oxygen atoms in total. The normalized spacial score (nSPS) is 14.5. The van der Waals surface area contributed by atoms with Gasteiger partial charge in [0, 0.05) is 12.1 Å². The summed E-state index contributed by atoms with van der Waals surface area (Å²) in [5.41, 5.74) is 0. The van der Waals surface area contributed by atoms with E-state index in [2.05, 4.69) is 5.32 Å². The number of aliphatic carboxylic acids is 1. The molecule has 19 heavy (non-hydrogen) atoms. The van der Waals surface area contributed by atoms with Crippen LogP contribution in [0.1, 0.15) is 48.0 Å². The molecule has 0 aromatic heterocycles. The lowest BCUT2D eigenvalue weighted by molar-refractivity contribution is -0.141. The molecule has 0 saturated carbocycles. The van der Waals surface area contributed by atoms with E-state index in [0.717, 1.165) is 6.42 Å². The van der Waals surface area contributed by atoms with Crippen molar-refractivity contribution < 1.29 is 14.7 Å². The molecule has 2 atom stereocenters. The number of carbonyl (C=O) groups is 2. The van der Waals surface area contributed by atoms with E-state index in [9.17, 15) is 9.59 Å². The van der Waals surface area contributed by atoms with Gasteiger partial charge in [0.1, 0.15) is 6.04 Å². The number of carboxylic acids is 1. The second kappa shape index (κ2) is 8.15. The SMILES string of the molecule is CC[C@H](C)[C@H](NCC(=O)N(C(C)C)C(C)C)C(=O)O. The molecule has 1 amide bonds. The number of carbonyl (C=O) groups excluding carboxylic acids is 1. The van der Waals surface area contributed by atoms with Gasteiger partial charge in [-0.3, -0.25) is 14.9 Å². The molecule has 0 saturated heterocycles. The van der Waals surface area contributed by atoms with Crippen molar-refractivity contribution in [3.05, 3.63) is 0 Å². The maximum atomic E-state index is 12.1. The van der Waals surface area contributed by atoms with E-state index in [-0.39, 0.29) is 30.5 Å². The van der Waals surface area contributed by atoms with Gasteiger partial charge < -0.3 is 10.0 Å². The molecule has 0 radical (unpaired) electrons. The molecule has 2 N–H and O–H groups in total. The number of hydrogen-bond acceptors (Lipinski definition) is 3. The molecule has 0 aliphatic carbocycles. The highest BCUT2D eigenvalue weighted by molar-refractivity contribution is 5.80. The van der Waals surface area contributed by atoms with E-state index in [1.165, 1.54) is 0 Å². The molecule has 0 aliphatic rings. The topological polar surface area (TPSA) is 69.6 Å². The predicted octanol–water partition coefficient (Wildman–Crippen LogP) is 1.72. The fourth-order valence-electron chi connectivity index (χ4n) is 2.23. The number of amides is 1. The Balaban J connectivity index is 4.59. The summed E-state index contributed by atoms with van der Waals surface area (Å²) in [6.07, 6.45) is 0.760. The van der Waals surface area contributed by atoms with Gasteiger partial charge in [0.15, 0.2) is 0 Å². The van der Waals surface area contributed by atoms with Crippen molar-refractivity contribution in [3.63, 3.8) is 0 Å². The third-order valence-corrected chi connectivity index (χ3v) is 3.35. The summed E-state index contributed by atoms with van der Waals surface area (Å²) in [7, 11) is 0. The first-order valence-electron chi connectivity index (χ1n) is 6.99. The third-order valence-electron chi connectivity index (χ3n) is 3.35. The van der Waals surface area contributed by atoms with Crippen LogP contribution in [0.5, 0.6) is 0 Å². The summed E-state index contributed by atoms with van der Waals surface area (Å²) in [5, 5.41) is 12.0. The second-order valence-corrected chi connectivity index (χ2v) is 5.57. The van der Waals surface area contributed by atoms with E-state index in [4.69, 9.17) is 5.11 Å². The van der Waals surface area contributed by atoms with Gasteiger partial charge in [-0.05, 0) is 33.6 Å². The first-order valence-corrected chi connectivity index (χ1v) is 6.99. The Kier molecular flexibility index (Phi) is 7.68. The average molecular weight is 272 g/mol. The molecular formula is C14H28N2O3. The summed E-state index contributed by atoms with van der Waals surface area (Å²) in [6.45, 7) is 11.7. The average Bonchev–Trinajstić information content (AvgIpc) is 2.27. The van der Waals surface area contributed by atoms with E-state index < -0.39 is 12.0 Å². The molecule has 0 unspecified atom stereocenters. The van der Waals surface area contributed by atoms with Crippen LogP contribution in [0.2, 0.25) is 0 Å². The van der Waals surface area contributed by atoms with Crippen molar-refractivity contribution in [2.45, 2.75) is 66.1 Å². The summed E-state index contributed by atoms with van der Waals surface area (Å²) >= 11 is 0. The zero-order valence-corrected chi connectivity index (χ0v) is 12.9. The maximum absolute atomic E-state index is 12.1. The molecule has 0 aliphatic heterocycles. The molecule has 0 rings (SSSR count). The van der Waals surface area contributed by atoms with Crippen molar-refractivity contribution in [2.24, 2.45) is 5.92 Å². The third kappa shape index (κ3) is 5.59. The first kappa shape index (κ1) is 17.9. The number of nitrogens with zero attached hydrogens (tertiary/aromatic N) is 1. The molecule has 0 fully saturated rings. The van der Waals surface area contributed by atoms with E-state index >= 15 is 0 Å². The van der Waals surface area contributed by atoms with Crippen LogP contribution in [0.15, 0.2) is 0 Å². The predicted molar refractivity (Wildman–Crippen MR) is 76.0 cm³/mol. The maximum Gasteiger partial charge on any atom is 0.320 e. The van der Waals surface area contributed by atoms with Crippen LogP contribution in [0.4, 0.5) is 0 Å². The highest BCUT2D eigenvalue weighted by Crippen LogP contribution is 2.09. The van der Waals surface area contributed by atoms with E-state index in [0.29, 0.717) is 0 Å². The zero-order chi connectivity index (χ0) is 15.2. The van der Waals surface area contributed by atoms with Gasteiger partial charge in [-0.25, -0.2) is 0 Å². The monoisotopic (exact) mass is 272 g/mol. The highest BCUT2D eigenvalue weighted by atomic mass is 16.4. The molecule has 112 valence electrons. The number of carboxylic acid groups (broad SMARTS) is 1. The van der Waals surface area contributed by atoms with Crippen LogP contribution in [-0.4, -0.2) is 46.6 Å². The number of nitrogens with one attached hydrogen (secondary N) is 1. The second-order valence-electron chi connectivity index (χ2n) is 5.57. The van der Waals surface area contributed by atoms with Crippen LogP contribution in [0.3, 0.4) is 0 Å². The quantitative estimate of drug-likeness (QED) is 0.706. The first-order chi connectivity index (χ1) is 8.72. The lowest BCUT2D eigenvalue weighted by atomic mass is 9.99. The lowest BCUT2D eigenvalue weighted by Gasteiger charge is -2.31. The Bertz CT molecular complexity index is 295. The van der Waals surface area contributed by atoms with Gasteiger partial charge in [0.25, 0.3) is 0 Å². The fraction of sp³-hybridized carbons (Fsp3) is 0.857. The van der Waals surface area contributed by atoms with Crippen LogP contribution < -0.4 is 5.32 Å². The largest absolute Gasteiger partial charge is 0.480 e. The summed E-state index contributed by atoms with van der Waals surface area (Å²) in [6, 6.07) is -0.447. The Labute approximate surface area is 116 Å². The Morgan fingerprint density at radius 2 is 1.58 bits per heavy atom. The summed E-state index contributed by atoms with van der Waals surface area (Å²) in [4.78, 5) is 25.1. The van der Waals surface area contributed by atoms with Gasteiger partial charge in [-0.15, -0.1) is 0 Å². The van der Waals surface area contributed by atoms with Gasteiger partial charge in [0.05, 0.1) is 6.54 Å². The van der Waals surface area contributed by atoms with Crippen molar-refractivity contribution in [1.82, 2.24) is 10.2 Å². The molecule has 0 aromatic carbocycles. The number of hydrogen-bond donors (Lipinski definition) is 2. The Morgan fingerprint density at radius 1 is 1.11 bits per heavy atom. The van der Waals surface area contributed by atoms with Crippen LogP contribution in [0.25, 0.3) is 0 Å². The van der Waals surface area contributed by atoms with Crippen LogP contribution in [-0.2, 0) is 9.59 Å². The van der Waals surface area contributed by atoms with Gasteiger partial charge >= 0.3 is 5.97 Å². The zero-order valence-electron chi connectivity index (χ0n) is 12.9. The fourth-order valence-corrected chi connectivity index (χ4v) is 2.23.